The molecule has 3 heterocycles. The van der Waals surface area contributed by atoms with Gasteiger partial charge in [-0.05, 0) is 37.3 Å². The summed E-state index contributed by atoms with van der Waals surface area (Å²) >= 11 is 0. The monoisotopic (exact) mass is 314 g/mol. The molecule has 0 bridgehead atoms. The molecule has 0 unspecified atom stereocenters. The third kappa shape index (κ3) is 3.56. The van der Waals surface area contributed by atoms with E-state index < -0.39 is 11.2 Å². The Hall–Kier alpha value is -2.70. The Kier molecular flexibility index (Phi) is 4.36. The highest BCUT2D eigenvalue weighted by Crippen LogP contribution is 2.21. The van der Waals surface area contributed by atoms with Crippen molar-refractivity contribution in [2.45, 2.75) is 19.3 Å². The third-order valence-corrected chi connectivity index (χ3v) is 4.08. The first kappa shape index (κ1) is 15.2. The standard InChI is InChI=1S/C16H18N4O3/c21-14-13(9-18-16(23)19-14)15(22)20-7-3-4-11(10-20)8-12-5-1-2-6-17-12/h1-2,5-6,9,11H,3-4,7-8,10H2,(H2,18,19,21,23)/t11-/m1/s1. The van der Waals surface area contributed by atoms with E-state index in [1.165, 1.54) is 6.20 Å². The van der Waals surface area contributed by atoms with Crippen molar-refractivity contribution in [3.63, 3.8) is 0 Å². The van der Waals surface area contributed by atoms with Crippen LogP contribution in [-0.2, 0) is 6.42 Å². The predicted octanol–water partition coefficient (Wildman–Crippen LogP) is 0.553. The number of nitrogens with zero attached hydrogens (tertiary/aromatic N) is 2. The lowest BCUT2D eigenvalue weighted by Gasteiger charge is -2.32. The average molecular weight is 314 g/mol. The van der Waals surface area contributed by atoms with Crippen LogP contribution in [0.1, 0.15) is 28.9 Å². The van der Waals surface area contributed by atoms with E-state index in [1.807, 2.05) is 18.2 Å². The number of nitrogens with one attached hydrogen (secondary N) is 2. The minimum Gasteiger partial charge on any atom is -0.338 e. The molecule has 1 fully saturated rings. The largest absolute Gasteiger partial charge is 0.338 e. The molecule has 2 N–H and O–H groups in total. The second kappa shape index (κ2) is 6.60. The first-order chi connectivity index (χ1) is 11.1. The molecule has 23 heavy (non-hydrogen) atoms. The topological polar surface area (TPSA) is 98.9 Å². The summed E-state index contributed by atoms with van der Waals surface area (Å²) in [6.07, 6.45) is 5.69. The summed E-state index contributed by atoms with van der Waals surface area (Å²) < 4.78 is 0. The Labute approximate surface area is 132 Å². The highest BCUT2D eigenvalue weighted by atomic mass is 16.2. The van der Waals surface area contributed by atoms with Crippen molar-refractivity contribution in [3.8, 4) is 0 Å². The van der Waals surface area contributed by atoms with Gasteiger partial charge in [-0.1, -0.05) is 6.07 Å². The molecule has 1 amide bonds. The van der Waals surface area contributed by atoms with Gasteiger partial charge in [-0.15, -0.1) is 0 Å². The van der Waals surface area contributed by atoms with Gasteiger partial charge in [0.15, 0.2) is 0 Å². The number of hydrogen-bond acceptors (Lipinski definition) is 4. The summed E-state index contributed by atoms with van der Waals surface area (Å²) in [7, 11) is 0. The molecular weight excluding hydrogens is 296 g/mol. The zero-order chi connectivity index (χ0) is 16.2. The SMILES string of the molecule is O=C(c1c[nH]c(=O)[nH]c1=O)N1CCC[C@H](Cc2ccccn2)C1. The van der Waals surface area contributed by atoms with Gasteiger partial charge >= 0.3 is 5.69 Å². The second-order valence-electron chi connectivity index (χ2n) is 5.77. The molecule has 1 aliphatic rings. The number of carbonyl (C=O) groups is 1. The molecule has 120 valence electrons. The predicted molar refractivity (Wildman–Crippen MR) is 84.3 cm³/mol. The van der Waals surface area contributed by atoms with Crippen LogP contribution in [0, 0.1) is 5.92 Å². The van der Waals surface area contributed by atoms with Gasteiger partial charge in [0, 0.05) is 31.2 Å². The average Bonchev–Trinajstić information content (AvgIpc) is 2.55. The van der Waals surface area contributed by atoms with Crippen LogP contribution in [0.15, 0.2) is 40.2 Å². The van der Waals surface area contributed by atoms with Gasteiger partial charge in [0.25, 0.3) is 11.5 Å². The number of amides is 1. The summed E-state index contributed by atoms with van der Waals surface area (Å²) in [5.41, 5.74) is -0.277. The number of rotatable bonds is 3. The molecule has 2 aromatic rings. The van der Waals surface area contributed by atoms with Gasteiger partial charge in [-0.2, -0.15) is 0 Å². The van der Waals surface area contributed by atoms with E-state index in [0.717, 1.165) is 25.0 Å². The fourth-order valence-electron chi connectivity index (χ4n) is 2.97. The van der Waals surface area contributed by atoms with E-state index in [2.05, 4.69) is 15.0 Å². The van der Waals surface area contributed by atoms with Crippen LogP contribution in [0.3, 0.4) is 0 Å². The molecule has 1 aliphatic heterocycles. The van der Waals surface area contributed by atoms with Gasteiger partial charge in [0.2, 0.25) is 0 Å². The van der Waals surface area contributed by atoms with E-state index in [-0.39, 0.29) is 11.5 Å². The van der Waals surface area contributed by atoms with Crippen molar-refractivity contribution in [3.05, 3.63) is 62.7 Å². The normalized spacial score (nSPS) is 17.9. The van der Waals surface area contributed by atoms with Crippen LogP contribution < -0.4 is 11.2 Å². The van der Waals surface area contributed by atoms with Crippen molar-refractivity contribution in [2.24, 2.45) is 5.92 Å². The maximum absolute atomic E-state index is 12.5. The van der Waals surface area contributed by atoms with Crippen LogP contribution in [0.5, 0.6) is 0 Å². The second-order valence-corrected chi connectivity index (χ2v) is 5.77. The Morgan fingerprint density at radius 1 is 1.35 bits per heavy atom. The molecule has 0 saturated carbocycles. The summed E-state index contributed by atoms with van der Waals surface area (Å²) in [6, 6.07) is 5.81. The van der Waals surface area contributed by atoms with Crippen molar-refractivity contribution in [2.75, 3.05) is 13.1 Å². The summed E-state index contributed by atoms with van der Waals surface area (Å²) in [4.78, 5) is 45.8. The minimum atomic E-state index is -0.648. The number of likely N-dealkylation sites (tertiary alicyclic amines) is 1. The highest BCUT2D eigenvalue weighted by Gasteiger charge is 2.26. The van der Waals surface area contributed by atoms with Gasteiger partial charge in [0.1, 0.15) is 5.56 Å². The van der Waals surface area contributed by atoms with Gasteiger partial charge < -0.3 is 9.88 Å². The number of pyridine rings is 1. The summed E-state index contributed by atoms with van der Waals surface area (Å²) in [5, 5.41) is 0. The molecule has 7 heteroatoms. The van der Waals surface area contributed by atoms with Gasteiger partial charge in [0.05, 0.1) is 0 Å². The Morgan fingerprint density at radius 3 is 2.96 bits per heavy atom. The smallest absolute Gasteiger partial charge is 0.325 e. The van der Waals surface area contributed by atoms with Crippen molar-refractivity contribution in [1.82, 2.24) is 19.9 Å². The Bertz CT molecular complexity index is 797. The molecule has 7 nitrogen and oxygen atoms in total. The number of aromatic nitrogens is 3. The quantitative estimate of drug-likeness (QED) is 0.864. The van der Waals surface area contributed by atoms with E-state index in [9.17, 15) is 14.4 Å². The number of carbonyl (C=O) groups excluding carboxylic acids is 1. The molecule has 3 rings (SSSR count). The van der Waals surface area contributed by atoms with Crippen molar-refractivity contribution < 1.29 is 4.79 Å². The lowest BCUT2D eigenvalue weighted by Crippen LogP contribution is -2.43. The van der Waals surface area contributed by atoms with E-state index in [4.69, 9.17) is 0 Å². The van der Waals surface area contributed by atoms with E-state index in [0.29, 0.717) is 19.0 Å². The van der Waals surface area contributed by atoms with Gasteiger partial charge in [-0.25, -0.2) is 4.79 Å². The number of H-pyrrole nitrogens is 2. The zero-order valence-electron chi connectivity index (χ0n) is 12.6. The lowest BCUT2D eigenvalue weighted by atomic mass is 9.93. The van der Waals surface area contributed by atoms with Crippen LogP contribution in [-0.4, -0.2) is 38.8 Å². The number of hydrogen-bond donors (Lipinski definition) is 2. The summed E-state index contributed by atoms with van der Waals surface area (Å²) in [5.74, 6) is -0.0161. The fourth-order valence-corrected chi connectivity index (χ4v) is 2.97. The number of piperidine rings is 1. The molecule has 2 aromatic heterocycles. The van der Waals surface area contributed by atoms with Crippen molar-refractivity contribution >= 4 is 5.91 Å². The van der Waals surface area contributed by atoms with Crippen LogP contribution in [0.2, 0.25) is 0 Å². The molecule has 0 radical (unpaired) electrons. The first-order valence-corrected chi connectivity index (χ1v) is 7.64. The van der Waals surface area contributed by atoms with Crippen molar-refractivity contribution in [1.29, 1.82) is 0 Å². The fraction of sp³-hybridized carbons (Fsp3) is 0.375. The van der Waals surface area contributed by atoms with Crippen LogP contribution in [0.25, 0.3) is 0 Å². The molecule has 0 aromatic carbocycles. The van der Waals surface area contributed by atoms with Crippen LogP contribution in [0.4, 0.5) is 0 Å². The molecule has 0 aliphatic carbocycles. The molecular formula is C16H18N4O3. The molecule has 0 spiro atoms. The Morgan fingerprint density at radius 2 is 2.22 bits per heavy atom. The zero-order valence-corrected chi connectivity index (χ0v) is 12.6. The molecule has 1 saturated heterocycles. The van der Waals surface area contributed by atoms with E-state index in [1.54, 1.807) is 11.1 Å². The maximum Gasteiger partial charge on any atom is 0.325 e. The highest BCUT2D eigenvalue weighted by molar-refractivity contribution is 5.93. The molecule has 1 atom stereocenters. The maximum atomic E-state index is 12.5. The van der Waals surface area contributed by atoms with Crippen LogP contribution >= 0.6 is 0 Å². The Balaban J connectivity index is 1.71. The minimum absolute atomic E-state index is 0.0249. The summed E-state index contributed by atoms with van der Waals surface area (Å²) in [6.45, 7) is 1.21. The van der Waals surface area contributed by atoms with E-state index >= 15 is 0 Å². The third-order valence-electron chi connectivity index (χ3n) is 4.08. The van der Waals surface area contributed by atoms with Gasteiger partial charge in [-0.3, -0.25) is 19.6 Å². The first-order valence-electron chi connectivity index (χ1n) is 7.64. The lowest BCUT2D eigenvalue weighted by molar-refractivity contribution is 0.0670. The number of aromatic amines is 2.